The molecule has 0 spiro atoms. The predicted molar refractivity (Wildman–Crippen MR) is 127 cm³/mol. The van der Waals surface area contributed by atoms with E-state index in [1.165, 1.54) is 42.4 Å². The number of halogens is 5. The molecule has 11 heteroatoms. The van der Waals surface area contributed by atoms with E-state index < -0.39 is 28.1 Å². The van der Waals surface area contributed by atoms with Gasteiger partial charge in [0.15, 0.2) is 15.5 Å². The van der Waals surface area contributed by atoms with Crippen LogP contribution in [0.15, 0.2) is 59.8 Å². The normalized spacial score (nSPS) is 14.6. The van der Waals surface area contributed by atoms with Gasteiger partial charge in [-0.2, -0.15) is 26.5 Å². The van der Waals surface area contributed by atoms with E-state index in [1.54, 1.807) is 0 Å². The summed E-state index contributed by atoms with van der Waals surface area (Å²) in [6.07, 6.45) is -0.718. The molecule has 0 saturated heterocycles. The van der Waals surface area contributed by atoms with Gasteiger partial charge in [0.1, 0.15) is 12.7 Å². The molecule has 5 nitrogen and oxygen atoms in total. The lowest BCUT2D eigenvalue weighted by atomic mass is 10.0. The fourth-order valence-electron chi connectivity index (χ4n) is 4.48. The van der Waals surface area contributed by atoms with Gasteiger partial charge in [0.05, 0.1) is 16.2 Å². The van der Waals surface area contributed by atoms with E-state index in [1.807, 2.05) is 24.3 Å². The number of aromatic nitrogens is 3. The molecule has 3 heterocycles. The van der Waals surface area contributed by atoms with Gasteiger partial charge in [0.25, 0.3) is 0 Å². The molecule has 0 amide bonds. The van der Waals surface area contributed by atoms with Crippen LogP contribution in [0.25, 0.3) is 33.9 Å². The summed E-state index contributed by atoms with van der Waals surface area (Å²) in [7, 11) is -2.45. The van der Waals surface area contributed by atoms with Gasteiger partial charge < -0.3 is 0 Å². The van der Waals surface area contributed by atoms with Crippen molar-refractivity contribution in [2.75, 3.05) is 5.75 Å². The highest BCUT2D eigenvalue weighted by Gasteiger charge is 2.38. The average molecular weight is 537 g/mol. The first-order chi connectivity index (χ1) is 17.4. The predicted octanol–water partition coefficient (Wildman–Crippen LogP) is 6.23. The van der Waals surface area contributed by atoms with Crippen LogP contribution in [0.2, 0.25) is 0 Å². The fraction of sp³-hybridized carbons (Fsp3) is 0.308. The summed E-state index contributed by atoms with van der Waals surface area (Å²) in [5.41, 5.74) is 1.06. The molecule has 37 heavy (non-hydrogen) atoms. The molecule has 2 aromatic rings. The zero-order chi connectivity index (χ0) is 26.7. The van der Waals surface area contributed by atoms with Crippen molar-refractivity contribution >= 4 is 9.84 Å². The Morgan fingerprint density at radius 1 is 1.05 bits per heavy atom. The van der Waals surface area contributed by atoms with Crippen LogP contribution in [-0.2, 0) is 23.1 Å². The number of fused-ring (bicyclic) bond motifs is 1. The van der Waals surface area contributed by atoms with Crippen molar-refractivity contribution in [3.8, 4) is 33.9 Å². The molecule has 1 aliphatic carbocycles. The van der Waals surface area contributed by atoms with Crippen LogP contribution in [0, 0.1) is 0 Å². The quantitative estimate of drug-likeness (QED) is 0.217. The highest BCUT2D eigenvalue weighted by atomic mass is 32.2. The third-order valence-electron chi connectivity index (χ3n) is 6.75. The van der Waals surface area contributed by atoms with E-state index in [0.717, 1.165) is 24.5 Å². The Balaban J connectivity index is 1.70. The van der Waals surface area contributed by atoms with Crippen molar-refractivity contribution in [3.05, 3.63) is 66.0 Å². The summed E-state index contributed by atoms with van der Waals surface area (Å²) in [5.74, 6) is 0.316. The molecule has 2 aliphatic heterocycles. The van der Waals surface area contributed by atoms with Gasteiger partial charge in [0, 0.05) is 30.1 Å². The van der Waals surface area contributed by atoms with Crippen molar-refractivity contribution in [3.63, 3.8) is 0 Å². The maximum Gasteiger partial charge on any atom is 0.418 e. The van der Waals surface area contributed by atoms with Gasteiger partial charge in [-0.25, -0.2) is 13.4 Å². The molecule has 0 unspecified atom stereocenters. The molecule has 5 rings (SSSR count). The SMILES string of the molecule is CCS(=O)(=O)c1cc(-c2ccc(C3CC3)cc2)cnc1-c1cc2n(C(F)F)cc(C(F)(F)F)cc-2[n+]1C. The second kappa shape index (κ2) is 8.90. The van der Waals surface area contributed by atoms with E-state index in [0.29, 0.717) is 17.7 Å². The lowest BCUT2D eigenvalue weighted by Crippen LogP contribution is -2.32. The second-order valence-corrected chi connectivity index (χ2v) is 11.4. The van der Waals surface area contributed by atoms with Gasteiger partial charge in [0.2, 0.25) is 11.4 Å². The van der Waals surface area contributed by atoms with Crippen molar-refractivity contribution < 1.29 is 34.9 Å². The van der Waals surface area contributed by atoms with Crippen molar-refractivity contribution in [2.24, 2.45) is 7.05 Å². The Morgan fingerprint density at radius 2 is 1.73 bits per heavy atom. The van der Waals surface area contributed by atoms with Crippen LogP contribution in [0.5, 0.6) is 0 Å². The Hall–Kier alpha value is -3.34. The third-order valence-corrected chi connectivity index (χ3v) is 8.49. The van der Waals surface area contributed by atoms with Crippen molar-refractivity contribution in [1.29, 1.82) is 0 Å². The molecule has 0 bridgehead atoms. The number of nitrogens with zero attached hydrogens (tertiary/aromatic N) is 3. The van der Waals surface area contributed by atoms with Crippen LogP contribution < -0.4 is 4.57 Å². The minimum Gasteiger partial charge on any atom is -0.285 e. The van der Waals surface area contributed by atoms with Crippen LogP contribution in [-0.4, -0.2) is 23.7 Å². The average Bonchev–Trinajstić information content (AvgIpc) is 3.66. The van der Waals surface area contributed by atoms with E-state index in [2.05, 4.69) is 4.98 Å². The van der Waals surface area contributed by atoms with Crippen LogP contribution in [0.3, 0.4) is 0 Å². The number of rotatable bonds is 6. The van der Waals surface area contributed by atoms with Crippen molar-refractivity contribution in [2.45, 2.75) is 43.3 Å². The molecule has 0 atom stereocenters. The summed E-state index contributed by atoms with van der Waals surface area (Å²) in [6, 6.07) is 11.3. The summed E-state index contributed by atoms with van der Waals surface area (Å²) in [6.45, 7) is -1.77. The van der Waals surface area contributed by atoms with E-state index in [-0.39, 0.29) is 38.0 Å². The largest absolute Gasteiger partial charge is 0.418 e. The molecule has 1 fully saturated rings. The molecular weight excluding hydrogens is 513 g/mol. The molecule has 1 saturated carbocycles. The smallest absolute Gasteiger partial charge is 0.285 e. The lowest BCUT2D eigenvalue weighted by molar-refractivity contribution is -0.646. The first kappa shape index (κ1) is 25.3. The maximum absolute atomic E-state index is 13.7. The summed E-state index contributed by atoms with van der Waals surface area (Å²) in [5, 5.41) is 0. The maximum atomic E-state index is 13.7. The summed E-state index contributed by atoms with van der Waals surface area (Å²) in [4.78, 5) is 4.27. The molecule has 0 radical (unpaired) electrons. The zero-order valence-electron chi connectivity index (χ0n) is 19.9. The van der Waals surface area contributed by atoms with Crippen LogP contribution in [0.1, 0.15) is 43.4 Å². The molecule has 194 valence electrons. The monoisotopic (exact) mass is 536 g/mol. The Morgan fingerprint density at radius 3 is 2.30 bits per heavy atom. The van der Waals surface area contributed by atoms with Crippen molar-refractivity contribution in [1.82, 2.24) is 9.55 Å². The van der Waals surface area contributed by atoms with E-state index in [4.69, 9.17) is 0 Å². The van der Waals surface area contributed by atoms with Gasteiger partial charge in [-0.3, -0.25) is 4.57 Å². The minimum absolute atomic E-state index is 0.0201. The van der Waals surface area contributed by atoms with Gasteiger partial charge in [-0.15, -0.1) is 0 Å². The number of alkyl halides is 5. The first-order valence-corrected chi connectivity index (χ1v) is 13.3. The zero-order valence-corrected chi connectivity index (χ0v) is 20.7. The summed E-state index contributed by atoms with van der Waals surface area (Å²) < 4.78 is 95.3. The second-order valence-electron chi connectivity index (χ2n) is 9.14. The van der Waals surface area contributed by atoms with Gasteiger partial charge in [-0.1, -0.05) is 31.2 Å². The molecule has 0 N–H and O–H groups in total. The van der Waals surface area contributed by atoms with Crippen LogP contribution >= 0.6 is 0 Å². The highest BCUT2D eigenvalue weighted by molar-refractivity contribution is 7.91. The first-order valence-electron chi connectivity index (χ1n) is 11.6. The number of sulfone groups is 1. The highest BCUT2D eigenvalue weighted by Crippen LogP contribution is 2.41. The molecule has 3 aliphatic rings. The van der Waals surface area contributed by atoms with E-state index in [9.17, 15) is 30.4 Å². The Kier molecular flexibility index (Phi) is 6.09. The van der Waals surface area contributed by atoms with Gasteiger partial charge >= 0.3 is 12.7 Å². The third kappa shape index (κ3) is 4.60. The number of pyridine rings is 2. The van der Waals surface area contributed by atoms with Crippen LogP contribution in [0.4, 0.5) is 22.0 Å². The number of hydrogen-bond acceptors (Lipinski definition) is 3. The fourth-order valence-corrected chi connectivity index (χ4v) is 5.55. The molecular formula is C26H23F5N3O2S+. The topological polar surface area (TPSA) is 55.8 Å². The molecule has 1 aromatic heterocycles. The number of benzene rings is 1. The number of hydrogen-bond donors (Lipinski definition) is 0. The Labute approximate surface area is 210 Å². The van der Waals surface area contributed by atoms with E-state index >= 15 is 0 Å². The summed E-state index contributed by atoms with van der Waals surface area (Å²) >= 11 is 0. The van der Waals surface area contributed by atoms with Gasteiger partial charge in [-0.05, 0) is 36.0 Å². The standard InChI is InChI=1S/C26H23F5N3O2S/c1-3-37(35,36)23-10-18(17-8-6-16(7-9-17)15-4-5-15)13-32-24(23)22-12-21-20(33(22)2)11-19(26(29,30)31)14-34(21)25(27)28/h6-15,25H,3-5H2,1-2H3/q+1. The Bertz CT molecular complexity index is 1560. The lowest BCUT2D eigenvalue weighted by Gasteiger charge is -2.13. The molecule has 1 aromatic carbocycles. The minimum atomic E-state index is -4.85.